The van der Waals surface area contributed by atoms with E-state index in [0.717, 1.165) is 29.2 Å². The topological polar surface area (TPSA) is 62.4 Å². The van der Waals surface area contributed by atoms with Crippen LogP contribution in [-0.2, 0) is 17.8 Å². The van der Waals surface area contributed by atoms with Gasteiger partial charge in [0.05, 0.1) is 11.4 Å². The summed E-state index contributed by atoms with van der Waals surface area (Å²) in [6.45, 7) is 6.68. The summed E-state index contributed by atoms with van der Waals surface area (Å²) in [6, 6.07) is 35.2. The van der Waals surface area contributed by atoms with E-state index in [-0.39, 0.29) is 0 Å². The van der Waals surface area contributed by atoms with E-state index in [4.69, 9.17) is 4.74 Å². The van der Waals surface area contributed by atoms with Gasteiger partial charge in [0.15, 0.2) is 0 Å². The van der Waals surface area contributed by atoms with E-state index in [1.165, 1.54) is 16.7 Å². The van der Waals surface area contributed by atoms with Gasteiger partial charge in [0, 0.05) is 18.8 Å². The van der Waals surface area contributed by atoms with Crippen LogP contribution >= 0.6 is 0 Å². The number of alkyl carbamates (subject to hydrolysis) is 1. The first-order chi connectivity index (χ1) is 17.4. The zero-order valence-corrected chi connectivity index (χ0v) is 21.0. The number of amides is 1. The molecule has 184 valence electrons. The van der Waals surface area contributed by atoms with Gasteiger partial charge >= 0.3 is 6.09 Å². The quantitative estimate of drug-likeness (QED) is 0.242. The highest BCUT2D eigenvalue weighted by Crippen LogP contribution is 2.26. The Morgan fingerprint density at radius 3 is 1.89 bits per heavy atom. The van der Waals surface area contributed by atoms with Gasteiger partial charge in [0.2, 0.25) is 0 Å². The molecule has 0 saturated carbocycles. The molecule has 0 aliphatic rings. The minimum absolute atomic E-state index is 0.413. The number of nitrogens with one attached hydrogen (secondary N) is 3. The molecule has 5 heteroatoms. The van der Waals surface area contributed by atoms with Crippen molar-refractivity contribution in [3.8, 4) is 11.1 Å². The van der Waals surface area contributed by atoms with E-state index in [1.54, 1.807) is 0 Å². The third-order valence-corrected chi connectivity index (χ3v) is 5.54. The molecule has 0 atom stereocenters. The molecule has 36 heavy (non-hydrogen) atoms. The van der Waals surface area contributed by atoms with Crippen LogP contribution in [-0.4, -0.2) is 11.7 Å². The third kappa shape index (κ3) is 7.37. The molecule has 0 aliphatic heterocycles. The summed E-state index contributed by atoms with van der Waals surface area (Å²) in [5.74, 6) is 0. The molecule has 0 spiro atoms. The van der Waals surface area contributed by atoms with Crippen LogP contribution in [0.4, 0.5) is 21.9 Å². The van der Waals surface area contributed by atoms with Crippen molar-refractivity contribution in [2.75, 3.05) is 10.6 Å². The normalized spacial score (nSPS) is 11.0. The molecule has 0 aliphatic carbocycles. The summed E-state index contributed by atoms with van der Waals surface area (Å²) in [5, 5.41) is 9.82. The summed E-state index contributed by atoms with van der Waals surface area (Å²) in [6.07, 6.45) is -0.417. The average Bonchev–Trinajstić information content (AvgIpc) is 2.88. The largest absolute Gasteiger partial charge is 0.444 e. The Morgan fingerprint density at radius 2 is 1.22 bits per heavy atom. The SMILES string of the molecule is CC(C)(C)OC(=O)NCc1ccc(Nc2ccccc2NCc2ccc(-c3ccccc3)cc2)cc1. The number of hydrogen-bond acceptors (Lipinski definition) is 4. The van der Waals surface area contributed by atoms with Crippen LogP contribution in [0, 0.1) is 0 Å². The van der Waals surface area contributed by atoms with Crippen molar-refractivity contribution in [3.05, 3.63) is 114 Å². The summed E-state index contributed by atoms with van der Waals surface area (Å²) >= 11 is 0. The van der Waals surface area contributed by atoms with E-state index in [0.29, 0.717) is 6.54 Å². The minimum Gasteiger partial charge on any atom is -0.444 e. The lowest BCUT2D eigenvalue weighted by molar-refractivity contribution is 0.0523. The minimum atomic E-state index is -0.509. The highest BCUT2D eigenvalue weighted by Gasteiger charge is 2.15. The lowest BCUT2D eigenvalue weighted by Crippen LogP contribution is -2.32. The van der Waals surface area contributed by atoms with Gasteiger partial charge in [0.1, 0.15) is 5.60 Å². The van der Waals surface area contributed by atoms with Crippen LogP contribution in [0.3, 0.4) is 0 Å². The predicted molar refractivity (Wildman–Crippen MR) is 148 cm³/mol. The Labute approximate surface area is 213 Å². The molecular weight excluding hydrogens is 446 g/mol. The molecule has 0 saturated heterocycles. The molecule has 0 aromatic heterocycles. The third-order valence-electron chi connectivity index (χ3n) is 5.54. The van der Waals surface area contributed by atoms with E-state index < -0.39 is 11.7 Å². The molecule has 0 heterocycles. The summed E-state index contributed by atoms with van der Waals surface area (Å²) in [4.78, 5) is 11.9. The molecule has 1 amide bonds. The van der Waals surface area contributed by atoms with E-state index in [9.17, 15) is 4.79 Å². The van der Waals surface area contributed by atoms with Gasteiger partial charge in [-0.1, -0.05) is 78.9 Å². The Bertz CT molecular complexity index is 1260. The van der Waals surface area contributed by atoms with Gasteiger partial charge in [0.25, 0.3) is 0 Å². The Kier molecular flexibility index (Phi) is 7.91. The number of anilines is 3. The van der Waals surface area contributed by atoms with Crippen LogP contribution < -0.4 is 16.0 Å². The summed E-state index contributed by atoms with van der Waals surface area (Å²) < 4.78 is 5.29. The molecule has 0 bridgehead atoms. The van der Waals surface area contributed by atoms with Gasteiger partial charge in [-0.25, -0.2) is 4.79 Å². The Morgan fingerprint density at radius 1 is 0.667 bits per heavy atom. The maximum Gasteiger partial charge on any atom is 0.407 e. The molecule has 4 rings (SSSR count). The van der Waals surface area contributed by atoms with E-state index in [1.807, 2.05) is 63.2 Å². The lowest BCUT2D eigenvalue weighted by Gasteiger charge is -2.19. The zero-order chi connectivity index (χ0) is 25.4. The number of hydrogen-bond donors (Lipinski definition) is 3. The van der Waals surface area contributed by atoms with Crippen LogP contribution in [0.2, 0.25) is 0 Å². The molecule has 0 fully saturated rings. The molecule has 4 aromatic rings. The fourth-order valence-corrected chi connectivity index (χ4v) is 3.74. The highest BCUT2D eigenvalue weighted by molar-refractivity contribution is 5.74. The number of ether oxygens (including phenoxy) is 1. The molecule has 4 aromatic carbocycles. The van der Waals surface area contributed by atoms with Crippen molar-refractivity contribution >= 4 is 23.2 Å². The Balaban J connectivity index is 1.33. The first-order valence-corrected chi connectivity index (χ1v) is 12.2. The summed E-state index contributed by atoms with van der Waals surface area (Å²) in [5.41, 5.74) is 7.13. The van der Waals surface area contributed by atoms with Crippen molar-refractivity contribution in [1.29, 1.82) is 0 Å². The standard InChI is InChI=1S/C31H33N3O2/c1-31(2,3)36-30(35)33-22-24-15-19-27(20-16-24)34-29-12-8-7-11-28(29)32-21-23-13-17-26(18-14-23)25-9-5-4-6-10-25/h4-20,32,34H,21-22H2,1-3H3,(H,33,35). The van der Waals surface area contributed by atoms with Crippen LogP contribution in [0.1, 0.15) is 31.9 Å². The number of carbonyl (C=O) groups is 1. The molecule has 3 N–H and O–H groups in total. The van der Waals surface area contributed by atoms with Gasteiger partial charge < -0.3 is 20.7 Å². The first kappa shape index (κ1) is 24.9. The smallest absolute Gasteiger partial charge is 0.407 e. The van der Waals surface area contributed by atoms with Crippen molar-refractivity contribution in [2.45, 2.75) is 39.5 Å². The highest BCUT2D eigenvalue weighted by atomic mass is 16.6. The maximum absolute atomic E-state index is 11.9. The number of benzene rings is 4. The monoisotopic (exact) mass is 479 g/mol. The Hall–Kier alpha value is -4.25. The number of carbonyl (C=O) groups excluding carboxylic acids is 1. The average molecular weight is 480 g/mol. The van der Waals surface area contributed by atoms with Crippen molar-refractivity contribution in [3.63, 3.8) is 0 Å². The molecular formula is C31H33N3O2. The van der Waals surface area contributed by atoms with Crippen LogP contribution in [0.25, 0.3) is 11.1 Å². The molecule has 0 radical (unpaired) electrons. The predicted octanol–water partition coefficient (Wildman–Crippen LogP) is 7.73. The fourth-order valence-electron chi connectivity index (χ4n) is 3.74. The fraction of sp³-hybridized carbons (Fsp3) is 0.194. The van der Waals surface area contributed by atoms with E-state index in [2.05, 4.69) is 76.6 Å². The second-order valence-electron chi connectivity index (χ2n) is 9.64. The van der Waals surface area contributed by atoms with Crippen molar-refractivity contribution in [1.82, 2.24) is 5.32 Å². The first-order valence-electron chi connectivity index (χ1n) is 12.2. The zero-order valence-electron chi connectivity index (χ0n) is 21.0. The van der Waals surface area contributed by atoms with Crippen molar-refractivity contribution < 1.29 is 9.53 Å². The van der Waals surface area contributed by atoms with Crippen molar-refractivity contribution in [2.24, 2.45) is 0 Å². The van der Waals surface area contributed by atoms with Gasteiger partial charge in [-0.15, -0.1) is 0 Å². The number of rotatable bonds is 8. The molecule has 0 unspecified atom stereocenters. The van der Waals surface area contributed by atoms with Gasteiger partial charge in [-0.05, 0) is 67.3 Å². The number of para-hydroxylation sites is 2. The lowest BCUT2D eigenvalue weighted by atomic mass is 10.0. The van der Waals surface area contributed by atoms with Crippen LogP contribution in [0.15, 0.2) is 103 Å². The summed E-state index contributed by atoms with van der Waals surface area (Å²) in [7, 11) is 0. The molecule has 5 nitrogen and oxygen atoms in total. The van der Waals surface area contributed by atoms with Gasteiger partial charge in [-0.3, -0.25) is 0 Å². The maximum atomic E-state index is 11.9. The van der Waals surface area contributed by atoms with Gasteiger partial charge in [-0.2, -0.15) is 0 Å². The van der Waals surface area contributed by atoms with Crippen LogP contribution in [0.5, 0.6) is 0 Å². The van der Waals surface area contributed by atoms with E-state index >= 15 is 0 Å². The second kappa shape index (κ2) is 11.5. The second-order valence-corrected chi connectivity index (χ2v) is 9.64.